The van der Waals surface area contributed by atoms with Gasteiger partial charge in [-0.2, -0.15) is 0 Å². The fourth-order valence-electron chi connectivity index (χ4n) is 2.96. The van der Waals surface area contributed by atoms with Crippen molar-refractivity contribution in [3.8, 4) is 0 Å². The molecule has 124 valence electrons. The van der Waals surface area contributed by atoms with Gasteiger partial charge in [-0.05, 0) is 57.0 Å². The molecule has 1 aliphatic rings. The van der Waals surface area contributed by atoms with Crippen LogP contribution < -0.4 is 10.0 Å². The van der Waals surface area contributed by atoms with Gasteiger partial charge in [-0.15, -0.1) is 0 Å². The van der Waals surface area contributed by atoms with Gasteiger partial charge >= 0.3 is 0 Å². The molecular weight excluding hydrogens is 300 g/mol. The minimum absolute atomic E-state index is 0.120. The predicted octanol–water partition coefficient (Wildman–Crippen LogP) is 1.60. The lowest BCUT2D eigenvalue weighted by atomic mass is 9.80. The van der Waals surface area contributed by atoms with Crippen molar-refractivity contribution in [2.24, 2.45) is 5.41 Å². The van der Waals surface area contributed by atoms with Crippen LogP contribution in [-0.4, -0.2) is 41.8 Å². The Labute approximate surface area is 133 Å². The van der Waals surface area contributed by atoms with Crippen molar-refractivity contribution in [1.29, 1.82) is 0 Å². The van der Waals surface area contributed by atoms with E-state index in [1.807, 2.05) is 26.0 Å². The highest BCUT2D eigenvalue weighted by molar-refractivity contribution is 7.89. The second-order valence-corrected chi connectivity index (χ2v) is 8.01. The fraction of sp³-hybridized carbons (Fsp3) is 0.625. The Kier molecular flexibility index (Phi) is 5.60. The maximum atomic E-state index is 12.6. The minimum atomic E-state index is -3.50. The van der Waals surface area contributed by atoms with Gasteiger partial charge in [-0.3, -0.25) is 0 Å². The molecule has 1 fully saturated rings. The number of ether oxygens (including phenoxy) is 1. The SMILES string of the molecule is COCC1(CNS(=O)(=O)c2cc(C)ccc2C)CCNCC1. The van der Waals surface area contributed by atoms with Crippen LogP contribution in [0.15, 0.2) is 23.1 Å². The third-order valence-electron chi connectivity index (χ3n) is 4.39. The molecule has 0 bridgehead atoms. The van der Waals surface area contributed by atoms with E-state index in [0.717, 1.165) is 37.1 Å². The number of hydrogen-bond acceptors (Lipinski definition) is 4. The monoisotopic (exact) mass is 326 g/mol. The molecule has 0 radical (unpaired) electrons. The van der Waals surface area contributed by atoms with Crippen LogP contribution in [0.5, 0.6) is 0 Å². The van der Waals surface area contributed by atoms with Crippen molar-refractivity contribution in [3.05, 3.63) is 29.3 Å². The van der Waals surface area contributed by atoms with Crippen LogP contribution in [0.2, 0.25) is 0 Å². The first-order valence-electron chi connectivity index (χ1n) is 7.65. The van der Waals surface area contributed by atoms with E-state index in [9.17, 15) is 8.42 Å². The Hall–Kier alpha value is -0.950. The number of rotatable bonds is 6. The van der Waals surface area contributed by atoms with Gasteiger partial charge in [-0.1, -0.05) is 12.1 Å². The smallest absolute Gasteiger partial charge is 0.240 e. The van der Waals surface area contributed by atoms with Crippen molar-refractivity contribution in [1.82, 2.24) is 10.0 Å². The van der Waals surface area contributed by atoms with Crippen LogP contribution in [0.3, 0.4) is 0 Å². The van der Waals surface area contributed by atoms with Crippen LogP contribution in [0.4, 0.5) is 0 Å². The molecule has 1 heterocycles. The summed E-state index contributed by atoms with van der Waals surface area (Å²) in [5.41, 5.74) is 1.59. The lowest BCUT2D eigenvalue weighted by Gasteiger charge is -2.37. The van der Waals surface area contributed by atoms with Crippen LogP contribution in [0.25, 0.3) is 0 Å². The summed E-state index contributed by atoms with van der Waals surface area (Å²) in [6.45, 7) is 6.51. The molecule has 0 atom stereocenters. The highest BCUT2D eigenvalue weighted by Gasteiger charge is 2.33. The number of piperidine rings is 1. The van der Waals surface area contributed by atoms with Crippen LogP contribution >= 0.6 is 0 Å². The highest BCUT2D eigenvalue weighted by Crippen LogP contribution is 2.29. The van der Waals surface area contributed by atoms with E-state index in [0.29, 0.717) is 18.0 Å². The quantitative estimate of drug-likeness (QED) is 0.833. The molecule has 0 unspecified atom stereocenters. The Balaban J connectivity index is 2.15. The first-order valence-corrected chi connectivity index (χ1v) is 9.13. The van der Waals surface area contributed by atoms with Crippen molar-refractivity contribution in [2.75, 3.05) is 33.4 Å². The Morgan fingerprint density at radius 2 is 1.95 bits per heavy atom. The number of benzene rings is 1. The zero-order valence-corrected chi connectivity index (χ0v) is 14.4. The van der Waals surface area contributed by atoms with E-state index < -0.39 is 10.0 Å². The summed E-state index contributed by atoms with van der Waals surface area (Å²) in [7, 11) is -1.83. The standard InChI is InChI=1S/C16H26N2O3S/c1-13-4-5-14(2)15(10-13)22(19,20)18-11-16(12-21-3)6-8-17-9-7-16/h4-5,10,17-18H,6-9,11-12H2,1-3H3. The van der Waals surface area contributed by atoms with Crippen LogP contribution in [0.1, 0.15) is 24.0 Å². The van der Waals surface area contributed by atoms with Gasteiger partial charge in [0.15, 0.2) is 0 Å². The highest BCUT2D eigenvalue weighted by atomic mass is 32.2. The molecule has 2 N–H and O–H groups in total. The second kappa shape index (κ2) is 7.08. The molecule has 0 aliphatic carbocycles. The van der Waals surface area contributed by atoms with Gasteiger partial charge in [0.25, 0.3) is 0 Å². The van der Waals surface area contributed by atoms with E-state index in [-0.39, 0.29) is 5.41 Å². The number of nitrogens with one attached hydrogen (secondary N) is 2. The third kappa shape index (κ3) is 4.07. The largest absolute Gasteiger partial charge is 0.384 e. The summed E-state index contributed by atoms with van der Waals surface area (Å²) in [6.07, 6.45) is 1.83. The van der Waals surface area contributed by atoms with E-state index in [1.54, 1.807) is 13.2 Å². The van der Waals surface area contributed by atoms with Gasteiger partial charge in [0, 0.05) is 19.1 Å². The molecule has 1 aromatic rings. The summed E-state index contributed by atoms with van der Waals surface area (Å²) in [5, 5.41) is 3.31. The predicted molar refractivity (Wildman–Crippen MR) is 87.5 cm³/mol. The minimum Gasteiger partial charge on any atom is -0.384 e. The van der Waals surface area contributed by atoms with E-state index in [1.165, 1.54) is 0 Å². The van der Waals surface area contributed by atoms with Crippen LogP contribution in [-0.2, 0) is 14.8 Å². The molecule has 2 rings (SSSR count). The molecule has 1 aromatic carbocycles. The van der Waals surface area contributed by atoms with Crippen molar-refractivity contribution < 1.29 is 13.2 Å². The number of hydrogen-bond donors (Lipinski definition) is 2. The van der Waals surface area contributed by atoms with E-state index >= 15 is 0 Å². The maximum Gasteiger partial charge on any atom is 0.240 e. The zero-order chi connectivity index (χ0) is 16.2. The van der Waals surface area contributed by atoms with Gasteiger partial charge in [0.05, 0.1) is 11.5 Å². The summed E-state index contributed by atoms with van der Waals surface area (Å²) in [5.74, 6) is 0. The average Bonchev–Trinajstić information content (AvgIpc) is 2.49. The summed E-state index contributed by atoms with van der Waals surface area (Å²) < 4.78 is 33.4. The lowest BCUT2D eigenvalue weighted by molar-refractivity contribution is 0.0577. The number of methoxy groups -OCH3 is 1. The topological polar surface area (TPSA) is 67.4 Å². The normalized spacial score (nSPS) is 18.3. The summed E-state index contributed by atoms with van der Waals surface area (Å²) in [4.78, 5) is 0.369. The summed E-state index contributed by atoms with van der Waals surface area (Å²) >= 11 is 0. The number of aryl methyl sites for hydroxylation is 2. The second-order valence-electron chi connectivity index (χ2n) is 6.28. The third-order valence-corrected chi connectivity index (χ3v) is 5.93. The van der Waals surface area contributed by atoms with Crippen LogP contribution in [0, 0.1) is 19.3 Å². The van der Waals surface area contributed by atoms with Gasteiger partial charge in [0.2, 0.25) is 10.0 Å². The molecule has 0 amide bonds. The Bertz CT molecular complexity index is 602. The lowest BCUT2D eigenvalue weighted by Crippen LogP contribution is -2.47. The zero-order valence-electron chi connectivity index (χ0n) is 13.6. The molecule has 1 saturated heterocycles. The first-order chi connectivity index (χ1) is 10.4. The van der Waals surface area contributed by atoms with Gasteiger partial charge < -0.3 is 10.1 Å². The molecule has 6 heteroatoms. The van der Waals surface area contributed by atoms with Crippen molar-refractivity contribution in [2.45, 2.75) is 31.6 Å². The first kappa shape index (κ1) is 17.4. The molecule has 1 aliphatic heterocycles. The van der Waals surface area contributed by atoms with Gasteiger partial charge in [0.1, 0.15) is 0 Å². The van der Waals surface area contributed by atoms with Crippen molar-refractivity contribution >= 4 is 10.0 Å². The molecule has 0 aromatic heterocycles. The molecule has 5 nitrogen and oxygen atoms in total. The fourth-order valence-corrected chi connectivity index (χ4v) is 4.44. The average molecular weight is 326 g/mol. The number of sulfonamides is 1. The molecule has 22 heavy (non-hydrogen) atoms. The molecular formula is C16H26N2O3S. The summed E-state index contributed by atoms with van der Waals surface area (Å²) in [6, 6.07) is 5.50. The van der Waals surface area contributed by atoms with Gasteiger partial charge in [-0.25, -0.2) is 13.1 Å². The maximum absolute atomic E-state index is 12.6. The van der Waals surface area contributed by atoms with E-state index in [4.69, 9.17) is 4.74 Å². The molecule has 0 saturated carbocycles. The Morgan fingerprint density at radius 1 is 1.27 bits per heavy atom. The molecule has 0 spiro atoms. The van der Waals surface area contributed by atoms with Crippen molar-refractivity contribution in [3.63, 3.8) is 0 Å². The van der Waals surface area contributed by atoms with E-state index in [2.05, 4.69) is 10.0 Å². The Morgan fingerprint density at radius 3 is 2.59 bits per heavy atom.